The standard InChI is InChI=1S/C14H16ClNO2/c1-16-8-7-12(13(9-16)14(17)18-2)10-3-5-11(15)6-4-10/h3-6H,7-9H2,1-2H3. The summed E-state index contributed by atoms with van der Waals surface area (Å²) in [6, 6.07) is 7.59. The molecule has 0 atom stereocenters. The van der Waals surface area contributed by atoms with Crippen molar-refractivity contribution in [1.29, 1.82) is 0 Å². The third-order valence-electron chi connectivity index (χ3n) is 3.16. The minimum absolute atomic E-state index is 0.244. The first-order valence-electron chi connectivity index (χ1n) is 5.86. The van der Waals surface area contributed by atoms with Crippen molar-refractivity contribution in [1.82, 2.24) is 4.90 Å². The summed E-state index contributed by atoms with van der Waals surface area (Å²) in [5.74, 6) is -0.244. The zero-order valence-electron chi connectivity index (χ0n) is 10.6. The van der Waals surface area contributed by atoms with Crippen LogP contribution >= 0.6 is 11.6 Å². The molecule has 1 heterocycles. The van der Waals surface area contributed by atoms with Gasteiger partial charge < -0.3 is 9.64 Å². The molecule has 0 unspecified atom stereocenters. The average Bonchev–Trinajstić information content (AvgIpc) is 2.39. The van der Waals surface area contributed by atoms with E-state index in [1.807, 2.05) is 31.3 Å². The fraction of sp³-hybridized carbons (Fsp3) is 0.357. The van der Waals surface area contributed by atoms with Gasteiger partial charge in [0.25, 0.3) is 0 Å². The molecule has 3 nitrogen and oxygen atoms in total. The van der Waals surface area contributed by atoms with E-state index in [1.54, 1.807) is 0 Å². The highest BCUT2D eigenvalue weighted by Crippen LogP contribution is 2.28. The van der Waals surface area contributed by atoms with Gasteiger partial charge in [0.05, 0.1) is 12.7 Å². The van der Waals surface area contributed by atoms with Crippen molar-refractivity contribution in [3.8, 4) is 0 Å². The molecule has 0 aliphatic carbocycles. The Bertz CT molecular complexity index is 479. The van der Waals surface area contributed by atoms with Gasteiger partial charge in [-0.1, -0.05) is 23.7 Å². The third kappa shape index (κ3) is 2.74. The highest BCUT2D eigenvalue weighted by atomic mass is 35.5. The number of ether oxygens (including phenoxy) is 1. The van der Waals surface area contributed by atoms with Crippen LogP contribution in [0.3, 0.4) is 0 Å². The molecule has 1 aliphatic heterocycles. The minimum Gasteiger partial charge on any atom is -0.466 e. The summed E-state index contributed by atoms with van der Waals surface area (Å²) in [4.78, 5) is 13.9. The summed E-state index contributed by atoms with van der Waals surface area (Å²) in [5, 5.41) is 0.701. The van der Waals surface area contributed by atoms with Gasteiger partial charge in [0, 0.05) is 18.1 Å². The number of methoxy groups -OCH3 is 1. The Hall–Kier alpha value is -1.32. The topological polar surface area (TPSA) is 29.5 Å². The molecule has 0 saturated heterocycles. The molecule has 0 bridgehead atoms. The molecule has 1 aromatic carbocycles. The van der Waals surface area contributed by atoms with Crippen LogP contribution in [0, 0.1) is 0 Å². The summed E-state index contributed by atoms with van der Waals surface area (Å²) < 4.78 is 4.86. The number of likely N-dealkylation sites (N-methyl/N-ethyl adjacent to an activating group) is 1. The second kappa shape index (κ2) is 5.55. The van der Waals surface area contributed by atoms with Gasteiger partial charge in [-0.15, -0.1) is 0 Å². The lowest BCUT2D eigenvalue weighted by atomic mass is 9.93. The molecular formula is C14H16ClNO2. The minimum atomic E-state index is -0.244. The molecule has 0 N–H and O–H groups in total. The van der Waals surface area contributed by atoms with E-state index in [2.05, 4.69) is 4.90 Å². The molecule has 1 aromatic rings. The van der Waals surface area contributed by atoms with Crippen LogP contribution in [-0.2, 0) is 9.53 Å². The zero-order chi connectivity index (χ0) is 13.1. The van der Waals surface area contributed by atoms with E-state index < -0.39 is 0 Å². The normalized spacial score (nSPS) is 16.8. The lowest BCUT2D eigenvalue weighted by Gasteiger charge is -2.26. The maximum Gasteiger partial charge on any atom is 0.335 e. The highest BCUT2D eigenvalue weighted by molar-refractivity contribution is 6.30. The molecule has 0 spiro atoms. The first-order valence-corrected chi connectivity index (χ1v) is 6.24. The number of carbonyl (C=O) groups excluding carboxylic acids is 1. The summed E-state index contributed by atoms with van der Waals surface area (Å²) >= 11 is 5.88. The fourth-order valence-corrected chi connectivity index (χ4v) is 2.30. The largest absolute Gasteiger partial charge is 0.466 e. The van der Waals surface area contributed by atoms with Gasteiger partial charge in [0.2, 0.25) is 0 Å². The first kappa shape index (κ1) is 13.1. The van der Waals surface area contributed by atoms with Crippen LogP contribution in [0.15, 0.2) is 29.8 Å². The van der Waals surface area contributed by atoms with Crippen LogP contribution in [0.2, 0.25) is 5.02 Å². The van der Waals surface area contributed by atoms with E-state index in [0.717, 1.165) is 29.7 Å². The molecule has 18 heavy (non-hydrogen) atoms. The van der Waals surface area contributed by atoms with Gasteiger partial charge in [0.15, 0.2) is 0 Å². The van der Waals surface area contributed by atoms with Crippen LogP contribution in [0.1, 0.15) is 12.0 Å². The molecule has 4 heteroatoms. The van der Waals surface area contributed by atoms with Crippen molar-refractivity contribution in [2.75, 3.05) is 27.2 Å². The number of halogens is 1. The molecule has 0 saturated carbocycles. The molecule has 2 rings (SSSR count). The second-order valence-electron chi connectivity index (χ2n) is 4.44. The van der Waals surface area contributed by atoms with Crippen molar-refractivity contribution in [2.24, 2.45) is 0 Å². The number of hydrogen-bond acceptors (Lipinski definition) is 3. The number of esters is 1. The van der Waals surface area contributed by atoms with Gasteiger partial charge in [0.1, 0.15) is 0 Å². The average molecular weight is 266 g/mol. The highest BCUT2D eigenvalue weighted by Gasteiger charge is 2.23. The summed E-state index contributed by atoms with van der Waals surface area (Å²) in [6.07, 6.45) is 0.850. The van der Waals surface area contributed by atoms with Crippen LogP contribution in [-0.4, -0.2) is 38.1 Å². The van der Waals surface area contributed by atoms with Gasteiger partial charge in [-0.3, -0.25) is 0 Å². The summed E-state index contributed by atoms with van der Waals surface area (Å²) in [6.45, 7) is 1.57. The summed E-state index contributed by atoms with van der Waals surface area (Å²) in [7, 11) is 3.42. The predicted octanol–water partition coefficient (Wildman–Crippen LogP) is 2.60. The lowest BCUT2D eigenvalue weighted by molar-refractivity contribution is -0.136. The van der Waals surface area contributed by atoms with E-state index in [1.165, 1.54) is 7.11 Å². The van der Waals surface area contributed by atoms with Gasteiger partial charge in [-0.05, 0) is 36.7 Å². The quantitative estimate of drug-likeness (QED) is 0.770. The smallest absolute Gasteiger partial charge is 0.335 e. The van der Waals surface area contributed by atoms with E-state index in [0.29, 0.717) is 11.6 Å². The van der Waals surface area contributed by atoms with Crippen LogP contribution in [0.5, 0.6) is 0 Å². The molecule has 0 radical (unpaired) electrons. The van der Waals surface area contributed by atoms with Gasteiger partial charge in [-0.2, -0.15) is 0 Å². The number of hydrogen-bond donors (Lipinski definition) is 0. The van der Waals surface area contributed by atoms with Crippen LogP contribution < -0.4 is 0 Å². The Kier molecular flexibility index (Phi) is 4.04. The van der Waals surface area contributed by atoms with Crippen molar-refractivity contribution in [3.05, 3.63) is 40.4 Å². The first-order chi connectivity index (χ1) is 8.61. The molecule has 96 valence electrons. The Morgan fingerprint density at radius 2 is 2.00 bits per heavy atom. The molecule has 0 amide bonds. The number of rotatable bonds is 2. The fourth-order valence-electron chi connectivity index (χ4n) is 2.18. The molecular weight excluding hydrogens is 250 g/mol. The van der Waals surface area contributed by atoms with Gasteiger partial charge >= 0.3 is 5.97 Å². The Morgan fingerprint density at radius 3 is 2.61 bits per heavy atom. The van der Waals surface area contributed by atoms with Crippen molar-refractivity contribution in [3.63, 3.8) is 0 Å². The van der Waals surface area contributed by atoms with E-state index in [9.17, 15) is 4.79 Å². The van der Waals surface area contributed by atoms with Crippen LogP contribution in [0.25, 0.3) is 5.57 Å². The summed E-state index contributed by atoms with van der Waals surface area (Å²) in [5.41, 5.74) is 2.86. The van der Waals surface area contributed by atoms with E-state index in [4.69, 9.17) is 16.3 Å². The number of carbonyl (C=O) groups is 1. The van der Waals surface area contributed by atoms with Crippen LogP contribution in [0.4, 0.5) is 0 Å². The molecule has 0 fully saturated rings. The second-order valence-corrected chi connectivity index (χ2v) is 4.88. The maximum atomic E-state index is 11.8. The van der Waals surface area contributed by atoms with E-state index >= 15 is 0 Å². The van der Waals surface area contributed by atoms with Crippen molar-refractivity contribution < 1.29 is 9.53 Å². The van der Waals surface area contributed by atoms with Crippen molar-refractivity contribution >= 4 is 23.1 Å². The number of nitrogens with zero attached hydrogens (tertiary/aromatic N) is 1. The third-order valence-corrected chi connectivity index (χ3v) is 3.41. The molecule has 1 aliphatic rings. The van der Waals surface area contributed by atoms with Crippen molar-refractivity contribution in [2.45, 2.75) is 6.42 Å². The Labute approximate surface area is 112 Å². The lowest BCUT2D eigenvalue weighted by Crippen LogP contribution is -2.31. The van der Waals surface area contributed by atoms with E-state index in [-0.39, 0.29) is 5.97 Å². The monoisotopic (exact) mass is 265 g/mol. The zero-order valence-corrected chi connectivity index (χ0v) is 11.3. The maximum absolute atomic E-state index is 11.8. The Morgan fingerprint density at radius 1 is 1.33 bits per heavy atom. The van der Waals surface area contributed by atoms with Gasteiger partial charge in [-0.25, -0.2) is 4.79 Å². The number of benzene rings is 1. The molecule has 0 aromatic heterocycles. The Balaban J connectivity index is 2.42. The predicted molar refractivity (Wildman–Crippen MR) is 72.5 cm³/mol. The SMILES string of the molecule is COC(=O)C1=C(c2ccc(Cl)cc2)CCN(C)C1.